The molecule has 1 N–H and O–H groups in total. The van der Waals surface area contributed by atoms with Gasteiger partial charge in [0.25, 0.3) is 0 Å². The van der Waals surface area contributed by atoms with Crippen LogP contribution < -0.4 is 0 Å². The summed E-state index contributed by atoms with van der Waals surface area (Å²) in [5.41, 5.74) is -0.729. The van der Waals surface area contributed by atoms with Crippen molar-refractivity contribution >= 4 is 6.09 Å². The van der Waals surface area contributed by atoms with Crippen LogP contribution >= 0.6 is 0 Å². The molecular weight excluding hydrogens is 267 g/mol. The molecule has 5 nitrogen and oxygen atoms in total. The van der Waals surface area contributed by atoms with Gasteiger partial charge in [0.1, 0.15) is 11.7 Å². The zero-order valence-corrected chi connectivity index (χ0v) is 11.0. The van der Waals surface area contributed by atoms with Crippen LogP contribution in [0.1, 0.15) is 20.8 Å². The first-order valence-electron chi connectivity index (χ1n) is 5.85. The standard InChI is InChI=1S/C11H18F3NO4/c1-10(2,3)19-9(17)15-4-5-18-7(6-15)8(16)11(12,13)14/h7-8,16H,4-6H2,1-3H3/t7?,8-/m1/s1. The summed E-state index contributed by atoms with van der Waals surface area (Å²) in [7, 11) is 0. The summed E-state index contributed by atoms with van der Waals surface area (Å²) in [6.45, 7) is 4.69. The topological polar surface area (TPSA) is 59.0 Å². The molecule has 1 unspecified atom stereocenters. The minimum Gasteiger partial charge on any atom is -0.444 e. The van der Waals surface area contributed by atoms with Gasteiger partial charge in [-0.1, -0.05) is 0 Å². The van der Waals surface area contributed by atoms with Gasteiger partial charge in [-0.15, -0.1) is 0 Å². The van der Waals surface area contributed by atoms with Crippen LogP contribution in [0.2, 0.25) is 0 Å². The summed E-state index contributed by atoms with van der Waals surface area (Å²) in [6, 6.07) is 0. The second-order valence-corrected chi connectivity index (χ2v) is 5.32. The van der Waals surface area contributed by atoms with E-state index in [1.54, 1.807) is 20.8 Å². The number of carbonyl (C=O) groups is 1. The van der Waals surface area contributed by atoms with Crippen LogP contribution in [-0.4, -0.2) is 59.8 Å². The van der Waals surface area contributed by atoms with E-state index in [-0.39, 0.29) is 19.7 Å². The molecule has 0 aromatic carbocycles. The molecule has 0 saturated carbocycles. The van der Waals surface area contributed by atoms with Crippen molar-refractivity contribution in [1.82, 2.24) is 4.90 Å². The third-order valence-corrected chi connectivity index (χ3v) is 2.43. The minimum atomic E-state index is -4.78. The van der Waals surface area contributed by atoms with Crippen LogP contribution in [0.5, 0.6) is 0 Å². The molecule has 1 aliphatic rings. The van der Waals surface area contributed by atoms with Crippen molar-refractivity contribution in [3.63, 3.8) is 0 Å². The fourth-order valence-corrected chi connectivity index (χ4v) is 1.57. The van der Waals surface area contributed by atoms with E-state index in [1.807, 2.05) is 0 Å². The largest absolute Gasteiger partial charge is 0.444 e. The van der Waals surface area contributed by atoms with Crippen LogP contribution in [0.3, 0.4) is 0 Å². The van der Waals surface area contributed by atoms with Crippen molar-refractivity contribution in [2.24, 2.45) is 0 Å². The van der Waals surface area contributed by atoms with Gasteiger partial charge in [-0.3, -0.25) is 0 Å². The molecule has 1 amide bonds. The molecule has 0 aromatic heterocycles. The van der Waals surface area contributed by atoms with Crippen LogP contribution in [0.25, 0.3) is 0 Å². The summed E-state index contributed by atoms with van der Waals surface area (Å²) < 4.78 is 47.0. The lowest BCUT2D eigenvalue weighted by atomic mass is 10.1. The van der Waals surface area contributed by atoms with E-state index in [4.69, 9.17) is 14.6 Å². The molecule has 0 spiro atoms. The van der Waals surface area contributed by atoms with E-state index >= 15 is 0 Å². The fraction of sp³-hybridized carbons (Fsp3) is 0.909. The van der Waals surface area contributed by atoms with E-state index in [0.717, 1.165) is 4.90 Å². The number of aliphatic hydroxyl groups is 1. The van der Waals surface area contributed by atoms with Gasteiger partial charge < -0.3 is 19.5 Å². The van der Waals surface area contributed by atoms with E-state index in [9.17, 15) is 18.0 Å². The lowest BCUT2D eigenvalue weighted by Crippen LogP contribution is -2.54. The Labute approximate surface area is 109 Å². The Morgan fingerprint density at radius 1 is 1.42 bits per heavy atom. The first-order valence-corrected chi connectivity index (χ1v) is 5.85. The Kier molecular flexibility index (Phi) is 4.67. The van der Waals surface area contributed by atoms with Crippen molar-refractivity contribution in [3.05, 3.63) is 0 Å². The van der Waals surface area contributed by atoms with E-state index < -0.39 is 30.1 Å². The number of carbonyl (C=O) groups excluding carboxylic acids is 1. The Morgan fingerprint density at radius 2 is 2.00 bits per heavy atom. The quantitative estimate of drug-likeness (QED) is 0.794. The van der Waals surface area contributed by atoms with Gasteiger partial charge in [-0.25, -0.2) is 4.79 Å². The van der Waals surface area contributed by atoms with Crippen molar-refractivity contribution in [2.75, 3.05) is 19.7 Å². The molecule has 8 heteroatoms. The number of rotatable bonds is 1. The number of nitrogens with zero attached hydrogens (tertiary/aromatic N) is 1. The summed E-state index contributed by atoms with van der Waals surface area (Å²) in [5.74, 6) is 0. The van der Waals surface area contributed by atoms with Crippen molar-refractivity contribution in [1.29, 1.82) is 0 Å². The lowest BCUT2D eigenvalue weighted by molar-refractivity contribution is -0.243. The molecule has 1 heterocycles. The van der Waals surface area contributed by atoms with Gasteiger partial charge in [-0.05, 0) is 20.8 Å². The first-order chi connectivity index (χ1) is 8.50. The number of ether oxygens (including phenoxy) is 2. The normalized spacial score (nSPS) is 23.1. The maximum atomic E-state index is 12.4. The average molecular weight is 285 g/mol. The number of alkyl halides is 3. The molecule has 112 valence electrons. The third-order valence-electron chi connectivity index (χ3n) is 2.43. The number of halogens is 3. The number of aliphatic hydroxyl groups excluding tert-OH is 1. The summed E-state index contributed by atoms with van der Waals surface area (Å²) in [5, 5.41) is 9.11. The third kappa shape index (κ3) is 4.87. The zero-order valence-electron chi connectivity index (χ0n) is 11.0. The second kappa shape index (κ2) is 5.54. The van der Waals surface area contributed by atoms with Crippen molar-refractivity contribution in [3.8, 4) is 0 Å². The van der Waals surface area contributed by atoms with Gasteiger partial charge in [-0.2, -0.15) is 13.2 Å². The predicted molar refractivity (Wildman–Crippen MR) is 59.6 cm³/mol. The van der Waals surface area contributed by atoms with Crippen LogP contribution in [0.15, 0.2) is 0 Å². The molecule has 0 bridgehead atoms. The molecule has 1 fully saturated rings. The summed E-state index contributed by atoms with van der Waals surface area (Å²) in [4.78, 5) is 12.8. The smallest absolute Gasteiger partial charge is 0.416 e. The van der Waals surface area contributed by atoms with Gasteiger partial charge in [0.05, 0.1) is 13.2 Å². The fourth-order valence-electron chi connectivity index (χ4n) is 1.57. The number of morpholine rings is 1. The van der Waals surface area contributed by atoms with Crippen molar-refractivity contribution in [2.45, 2.75) is 44.8 Å². The molecule has 0 aromatic rings. The van der Waals surface area contributed by atoms with Gasteiger partial charge in [0.15, 0.2) is 6.10 Å². The summed E-state index contributed by atoms with van der Waals surface area (Å²) >= 11 is 0. The Balaban J connectivity index is 2.62. The van der Waals surface area contributed by atoms with Crippen LogP contribution in [0.4, 0.5) is 18.0 Å². The highest BCUT2D eigenvalue weighted by molar-refractivity contribution is 5.68. The molecule has 0 aliphatic carbocycles. The molecule has 1 aliphatic heterocycles. The highest BCUT2D eigenvalue weighted by atomic mass is 19.4. The maximum absolute atomic E-state index is 12.4. The number of amides is 1. The van der Waals surface area contributed by atoms with Crippen molar-refractivity contribution < 1.29 is 32.5 Å². The van der Waals surface area contributed by atoms with Gasteiger partial charge in [0, 0.05) is 6.54 Å². The SMILES string of the molecule is CC(C)(C)OC(=O)N1CCOC([C@@H](O)C(F)(F)F)C1. The highest BCUT2D eigenvalue weighted by Gasteiger charge is 2.46. The summed E-state index contributed by atoms with van der Waals surface area (Å²) in [6.07, 6.45) is -9.59. The molecule has 0 radical (unpaired) electrons. The highest BCUT2D eigenvalue weighted by Crippen LogP contribution is 2.26. The minimum absolute atomic E-state index is 0.0724. The number of hydrogen-bond donors (Lipinski definition) is 1. The van der Waals surface area contributed by atoms with E-state index in [0.29, 0.717) is 0 Å². The second-order valence-electron chi connectivity index (χ2n) is 5.32. The molecule has 19 heavy (non-hydrogen) atoms. The first kappa shape index (κ1) is 16.0. The lowest BCUT2D eigenvalue weighted by Gasteiger charge is -2.36. The Morgan fingerprint density at radius 3 is 2.47 bits per heavy atom. The Bertz CT molecular complexity index is 327. The predicted octanol–water partition coefficient (Wildman–Crippen LogP) is 1.55. The van der Waals surface area contributed by atoms with E-state index in [1.165, 1.54) is 0 Å². The molecule has 1 saturated heterocycles. The van der Waals surface area contributed by atoms with Gasteiger partial charge >= 0.3 is 12.3 Å². The zero-order chi connectivity index (χ0) is 14.8. The van der Waals surface area contributed by atoms with Crippen LogP contribution in [-0.2, 0) is 9.47 Å². The number of hydrogen-bond acceptors (Lipinski definition) is 4. The maximum Gasteiger partial charge on any atom is 0.416 e. The van der Waals surface area contributed by atoms with E-state index in [2.05, 4.69) is 0 Å². The molecular formula is C11H18F3NO4. The Hall–Kier alpha value is -1.02. The molecule has 1 rings (SSSR count). The van der Waals surface area contributed by atoms with Crippen LogP contribution in [0, 0.1) is 0 Å². The average Bonchev–Trinajstić information content (AvgIpc) is 2.24. The monoisotopic (exact) mass is 285 g/mol. The molecule has 2 atom stereocenters. The van der Waals surface area contributed by atoms with Gasteiger partial charge in [0.2, 0.25) is 0 Å².